The molecule has 5 rings (SSSR count). The molecule has 2 saturated heterocycles. The second-order valence-electron chi connectivity index (χ2n) is 9.40. The number of hydrogen-bond acceptors (Lipinski definition) is 10. The summed E-state index contributed by atoms with van der Waals surface area (Å²) in [5.74, 6) is -3.28. The number of hydrogen-bond donors (Lipinski definition) is 4. The van der Waals surface area contributed by atoms with Crippen LogP contribution in [0.2, 0.25) is 0 Å². The molecule has 2 atom stereocenters. The number of carboxylic acids is 1. The molecule has 0 aliphatic carbocycles. The molecule has 220 valence electrons. The van der Waals surface area contributed by atoms with Gasteiger partial charge in [0.25, 0.3) is 11.8 Å². The van der Waals surface area contributed by atoms with Crippen molar-refractivity contribution in [3.8, 4) is 0 Å². The number of amides is 3. The maximum absolute atomic E-state index is 13.0. The number of nitrogen functional groups attached to an aromatic ring is 1. The molecule has 0 saturated carbocycles. The van der Waals surface area contributed by atoms with Crippen LogP contribution in [0.15, 0.2) is 57.7 Å². The number of fused-ring (bicyclic) bond motifs is 1. The van der Waals surface area contributed by atoms with Crippen LogP contribution in [-0.4, -0.2) is 78.2 Å². The molecule has 42 heavy (non-hydrogen) atoms. The number of anilines is 1. The minimum absolute atomic E-state index is 0.00561. The van der Waals surface area contributed by atoms with Crippen LogP contribution in [0, 0.1) is 0 Å². The van der Waals surface area contributed by atoms with E-state index in [-0.39, 0.29) is 47.4 Å². The van der Waals surface area contributed by atoms with Crippen LogP contribution in [0.3, 0.4) is 0 Å². The first-order valence-electron chi connectivity index (χ1n) is 12.2. The number of alkyl halides is 3. The lowest BCUT2D eigenvalue weighted by Gasteiger charge is -2.49. The largest absolute Gasteiger partial charge is 0.477 e. The number of carboxylic acid groups (broad SMARTS) is 1. The molecule has 17 heteroatoms. The summed E-state index contributed by atoms with van der Waals surface area (Å²) in [5, 5.41) is 25.4. The Morgan fingerprint density at radius 1 is 1.24 bits per heavy atom. The van der Waals surface area contributed by atoms with E-state index in [4.69, 9.17) is 5.73 Å². The monoisotopic (exact) mass is 622 g/mol. The Kier molecular flexibility index (Phi) is 7.72. The Bertz CT molecular complexity index is 1570. The number of nitrogens with two attached hydrogens (primary N) is 1. The summed E-state index contributed by atoms with van der Waals surface area (Å²) in [7, 11) is 0. The first kappa shape index (κ1) is 29.1. The van der Waals surface area contributed by atoms with Crippen LogP contribution in [0.4, 0.5) is 18.3 Å². The predicted molar refractivity (Wildman–Crippen MR) is 144 cm³/mol. The van der Waals surface area contributed by atoms with Gasteiger partial charge in [-0.15, -0.1) is 23.1 Å². The molecule has 3 aliphatic rings. The highest BCUT2D eigenvalue weighted by Crippen LogP contribution is 2.41. The van der Waals surface area contributed by atoms with Crippen LogP contribution in [-0.2, 0) is 31.9 Å². The van der Waals surface area contributed by atoms with Crippen molar-refractivity contribution in [2.24, 2.45) is 5.16 Å². The second kappa shape index (κ2) is 11.1. The van der Waals surface area contributed by atoms with E-state index in [1.165, 1.54) is 40.3 Å². The summed E-state index contributed by atoms with van der Waals surface area (Å²) < 4.78 is 38.5. The number of aliphatic carboxylic acids is 1. The summed E-state index contributed by atoms with van der Waals surface area (Å²) in [6, 6.07) is 3.38. The van der Waals surface area contributed by atoms with E-state index < -0.39 is 52.6 Å². The third-order valence-corrected chi connectivity index (χ3v) is 8.76. The Morgan fingerprint density at radius 3 is 2.55 bits per heavy atom. The number of aromatic nitrogens is 1. The Morgan fingerprint density at radius 2 is 1.95 bits per heavy atom. The van der Waals surface area contributed by atoms with Crippen molar-refractivity contribution in [2.45, 2.75) is 30.6 Å². The third kappa shape index (κ3) is 5.44. The summed E-state index contributed by atoms with van der Waals surface area (Å²) in [4.78, 5) is 57.3. The number of nitrogens with zero attached hydrogens (tertiary/aromatic N) is 4. The Hall–Kier alpha value is -4.38. The number of benzene rings is 1. The van der Waals surface area contributed by atoms with Gasteiger partial charge in [0, 0.05) is 29.8 Å². The van der Waals surface area contributed by atoms with E-state index in [1.54, 1.807) is 0 Å². The molecule has 2 aromatic rings. The number of carbonyl (C=O) groups excluding carboxylic acids is 3. The molecule has 3 amide bonds. The molecule has 5 N–H and O–H groups in total. The fourth-order valence-corrected chi connectivity index (χ4v) is 6.61. The van der Waals surface area contributed by atoms with Crippen LogP contribution in [0.25, 0.3) is 0 Å². The topological polar surface area (TPSA) is 179 Å². The molecule has 1 aromatic carbocycles. The van der Waals surface area contributed by atoms with Gasteiger partial charge in [0.15, 0.2) is 10.8 Å². The van der Waals surface area contributed by atoms with Gasteiger partial charge >= 0.3 is 12.1 Å². The van der Waals surface area contributed by atoms with Gasteiger partial charge in [-0.2, -0.15) is 13.2 Å². The van der Waals surface area contributed by atoms with Crippen LogP contribution in [0.5, 0.6) is 0 Å². The van der Waals surface area contributed by atoms with E-state index in [9.17, 15) is 42.7 Å². The molecule has 0 radical (unpaired) electrons. The lowest BCUT2D eigenvalue weighted by molar-refractivity contribution is -0.150. The quantitative estimate of drug-likeness (QED) is 0.118. The predicted octanol–water partition coefficient (Wildman–Crippen LogP) is 2.02. The lowest BCUT2D eigenvalue weighted by Crippen LogP contribution is -2.71. The number of rotatable bonds is 7. The van der Waals surface area contributed by atoms with Crippen LogP contribution < -0.4 is 11.1 Å². The number of nitrogens with one attached hydrogen (secondary N) is 1. The molecule has 0 unspecified atom stereocenters. The molecule has 3 aliphatic heterocycles. The van der Waals surface area contributed by atoms with Crippen molar-refractivity contribution in [3.63, 3.8) is 0 Å². The minimum atomic E-state index is -4.47. The number of likely N-dealkylation sites (tertiary alicyclic amines) is 1. The molecule has 4 heterocycles. The fraction of sp³-hybridized carbons (Fsp3) is 0.280. The van der Waals surface area contributed by atoms with Gasteiger partial charge in [0.05, 0.1) is 5.56 Å². The molecule has 2 fully saturated rings. The van der Waals surface area contributed by atoms with Crippen molar-refractivity contribution < 1.29 is 42.7 Å². The lowest BCUT2D eigenvalue weighted by atomic mass is 10.0. The van der Waals surface area contributed by atoms with Crippen molar-refractivity contribution >= 4 is 57.6 Å². The smallest absolute Gasteiger partial charge is 0.416 e. The first-order chi connectivity index (χ1) is 19.9. The molecular formula is C25H21F3N6O6S2. The number of β-lactam (4-membered cyclic amide) rings is 1. The summed E-state index contributed by atoms with van der Waals surface area (Å²) in [6.07, 6.45) is -2.76. The van der Waals surface area contributed by atoms with Gasteiger partial charge in [-0.1, -0.05) is 17.3 Å². The highest BCUT2D eigenvalue weighted by Gasteiger charge is 2.54. The average Bonchev–Trinajstić information content (AvgIpc) is 3.52. The van der Waals surface area contributed by atoms with E-state index in [1.807, 2.05) is 0 Å². The number of allylic oxidation sites excluding steroid dienone is 1. The van der Waals surface area contributed by atoms with E-state index in [0.717, 1.165) is 28.4 Å². The SMILES string of the molecule is Nc1nc(C(=NO)C(=O)N[C@@H]2C(=O)N3C(C(=O)O)=C(C=C4CCN(Cc5ccc(C(F)(F)F)cc5)C4=O)CS[C@H]23)cs1. The standard InChI is InChI=1S/C25H21F3N6O6S2/c26-25(27,28)14-3-1-11(2-4-14)8-33-6-5-12(20(33)36)7-13-9-41-22-17(21(37)34(22)18(13)23(38)39)31-19(35)16(32-40)15-10-42-24(29)30-15/h1-4,7,10,17,22,40H,5-6,8-9H2,(H2,29,30)(H,31,35)(H,38,39)/t17-,22-/m1/s1. The second-order valence-corrected chi connectivity index (χ2v) is 11.4. The molecule has 1 aromatic heterocycles. The van der Waals surface area contributed by atoms with Crippen molar-refractivity contribution in [3.05, 3.63) is 69.4 Å². The maximum atomic E-state index is 13.0. The van der Waals surface area contributed by atoms with E-state index in [0.29, 0.717) is 11.1 Å². The summed E-state index contributed by atoms with van der Waals surface area (Å²) in [5.41, 5.74) is 5.02. The normalized spacial score (nSPS) is 22.0. The average molecular weight is 623 g/mol. The highest BCUT2D eigenvalue weighted by molar-refractivity contribution is 8.00. The van der Waals surface area contributed by atoms with Crippen LogP contribution in [0.1, 0.15) is 23.2 Å². The fourth-order valence-electron chi connectivity index (χ4n) is 4.75. The van der Waals surface area contributed by atoms with E-state index >= 15 is 0 Å². The van der Waals surface area contributed by atoms with Crippen molar-refractivity contribution in [2.75, 3.05) is 18.0 Å². The van der Waals surface area contributed by atoms with Gasteiger partial charge in [-0.3, -0.25) is 19.3 Å². The minimum Gasteiger partial charge on any atom is -0.477 e. The van der Waals surface area contributed by atoms with Gasteiger partial charge in [-0.05, 0) is 35.8 Å². The number of thiazole rings is 1. The Labute approximate surface area is 243 Å². The highest BCUT2D eigenvalue weighted by atomic mass is 32.2. The maximum Gasteiger partial charge on any atom is 0.416 e. The number of thioether (sulfide) groups is 1. The number of oxime groups is 1. The third-order valence-electron chi connectivity index (χ3n) is 6.78. The Balaban J connectivity index is 1.29. The molecular weight excluding hydrogens is 601 g/mol. The van der Waals surface area contributed by atoms with Crippen molar-refractivity contribution in [1.82, 2.24) is 20.1 Å². The van der Waals surface area contributed by atoms with Gasteiger partial charge < -0.3 is 26.3 Å². The molecule has 12 nitrogen and oxygen atoms in total. The zero-order chi connectivity index (χ0) is 30.3. The molecule has 0 spiro atoms. The summed E-state index contributed by atoms with van der Waals surface area (Å²) >= 11 is 2.19. The van der Waals surface area contributed by atoms with Gasteiger partial charge in [-0.25, -0.2) is 9.78 Å². The van der Waals surface area contributed by atoms with Gasteiger partial charge in [0.2, 0.25) is 5.91 Å². The first-order valence-corrected chi connectivity index (χ1v) is 14.1. The molecule has 0 bridgehead atoms. The van der Waals surface area contributed by atoms with Crippen molar-refractivity contribution in [1.29, 1.82) is 0 Å². The van der Waals surface area contributed by atoms with Gasteiger partial charge in [0.1, 0.15) is 22.8 Å². The number of carbonyl (C=O) groups is 4. The zero-order valence-electron chi connectivity index (χ0n) is 21.3. The zero-order valence-corrected chi connectivity index (χ0v) is 22.9. The van der Waals surface area contributed by atoms with E-state index in [2.05, 4.69) is 15.5 Å². The van der Waals surface area contributed by atoms with Crippen LogP contribution >= 0.6 is 23.1 Å². The summed E-state index contributed by atoms with van der Waals surface area (Å²) in [6.45, 7) is 0.363. The number of halogens is 3.